The molecule has 1 aromatic carbocycles. The molecule has 1 fully saturated rings. The molecule has 132 valence electrons. The van der Waals surface area contributed by atoms with Crippen LogP contribution in [0.2, 0.25) is 0 Å². The first-order valence-electron chi connectivity index (χ1n) is 8.78. The Morgan fingerprint density at radius 3 is 2.92 bits per heavy atom. The number of carbonyl (C=O) groups excluding carboxylic acids is 1. The highest BCUT2D eigenvalue weighted by Crippen LogP contribution is 2.25. The third kappa shape index (κ3) is 5.45. The maximum atomic E-state index is 12.2. The summed E-state index contributed by atoms with van der Waals surface area (Å²) in [5, 5.41) is 5.77. The van der Waals surface area contributed by atoms with Crippen LogP contribution < -0.4 is 15.4 Å². The average Bonchev–Trinajstić information content (AvgIpc) is 3.08. The summed E-state index contributed by atoms with van der Waals surface area (Å²) in [5.74, 6) is 0.803. The highest BCUT2D eigenvalue weighted by molar-refractivity contribution is 5.89. The summed E-state index contributed by atoms with van der Waals surface area (Å²) in [6, 6.07) is 7.25. The van der Waals surface area contributed by atoms with E-state index in [2.05, 4.69) is 20.6 Å². The van der Waals surface area contributed by atoms with Gasteiger partial charge in [0, 0.05) is 42.8 Å². The standard InChI is InChI=1S/C19H24N4O2/c1-14(11-16-13-20-9-10-21-16)22-19(24)23-15-5-4-8-18(12-15)25-17-6-2-3-7-17/h4-5,8-10,12-14,17H,2-3,6-7,11H2,1H3,(H2,22,23,24). The molecule has 0 spiro atoms. The molecule has 1 aliphatic carbocycles. The van der Waals surface area contributed by atoms with Crippen LogP contribution in [0, 0.1) is 0 Å². The van der Waals surface area contributed by atoms with Crippen molar-refractivity contribution in [3.63, 3.8) is 0 Å². The minimum Gasteiger partial charge on any atom is -0.490 e. The Kier molecular flexibility index (Phi) is 5.82. The van der Waals surface area contributed by atoms with E-state index < -0.39 is 0 Å². The lowest BCUT2D eigenvalue weighted by atomic mass is 10.2. The second kappa shape index (κ2) is 8.46. The summed E-state index contributed by atoms with van der Waals surface area (Å²) >= 11 is 0. The second-order valence-electron chi connectivity index (χ2n) is 6.45. The van der Waals surface area contributed by atoms with Crippen LogP contribution in [-0.2, 0) is 6.42 Å². The van der Waals surface area contributed by atoms with Crippen LogP contribution in [0.4, 0.5) is 10.5 Å². The van der Waals surface area contributed by atoms with Gasteiger partial charge in [-0.05, 0) is 44.7 Å². The normalized spacial score (nSPS) is 15.6. The van der Waals surface area contributed by atoms with Crippen LogP contribution >= 0.6 is 0 Å². The van der Waals surface area contributed by atoms with Gasteiger partial charge in [0.2, 0.25) is 0 Å². The summed E-state index contributed by atoms with van der Waals surface area (Å²) in [4.78, 5) is 20.4. The van der Waals surface area contributed by atoms with E-state index in [0.29, 0.717) is 12.5 Å². The quantitative estimate of drug-likeness (QED) is 0.843. The molecule has 1 heterocycles. The first-order valence-corrected chi connectivity index (χ1v) is 8.78. The minimum atomic E-state index is -0.241. The van der Waals surface area contributed by atoms with Gasteiger partial charge in [0.05, 0.1) is 11.8 Å². The van der Waals surface area contributed by atoms with Crippen molar-refractivity contribution in [2.45, 2.75) is 51.2 Å². The fraction of sp³-hybridized carbons (Fsp3) is 0.421. The van der Waals surface area contributed by atoms with Gasteiger partial charge in [-0.1, -0.05) is 6.07 Å². The average molecular weight is 340 g/mol. The Morgan fingerprint density at radius 1 is 1.32 bits per heavy atom. The van der Waals surface area contributed by atoms with Crippen molar-refractivity contribution >= 4 is 11.7 Å². The number of rotatable bonds is 6. The van der Waals surface area contributed by atoms with Crippen molar-refractivity contribution in [1.82, 2.24) is 15.3 Å². The minimum absolute atomic E-state index is 0.0466. The van der Waals surface area contributed by atoms with Crippen LogP contribution in [0.15, 0.2) is 42.9 Å². The molecule has 2 amide bonds. The number of anilines is 1. The second-order valence-corrected chi connectivity index (χ2v) is 6.45. The molecule has 1 aliphatic rings. The topological polar surface area (TPSA) is 76.1 Å². The summed E-state index contributed by atoms with van der Waals surface area (Å²) < 4.78 is 5.97. The summed E-state index contributed by atoms with van der Waals surface area (Å²) in [6.45, 7) is 1.94. The SMILES string of the molecule is CC(Cc1cnccn1)NC(=O)Nc1cccc(OC2CCCC2)c1. The Bertz CT molecular complexity index is 687. The van der Waals surface area contributed by atoms with Crippen molar-refractivity contribution in [1.29, 1.82) is 0 Å². The predicted molar refractivity (Wildman–Crippen MR) is 96.7 cm³/mol. The predicted octanol–water partition coefficient (Wildman–Crippen LogP) is 3.55. The van der Waals surface area contributed by atoms with E-state index in [0.717, 1.165) is 30.0 Å². The molecule has 1 atom stereocenters. The van der Waals surface area contributed by atoms with Crippen molar-refractivity contribution in [2.75, 3.05) is 5.32 Å². The van der Waals surface area contributed by atoms with E-state index in [1.165, 1.54) is 12.8 Å². The molecule has 0 radical (unpaired) electrons. The van der Waals surface area contributed by atoms with Crippen LogP contribution in [-0.4, -0.2) is 28.1 Å². The third-order valence-electron chi connectivity index (χ3n) is 4.21. The number of nitrogens with one attached hydrogen (secondary N) is 2. The zero-order chi connectivity index (χ0) is 17.5. The molecule has 3 rings (SSSR count). The molecular weight excluding hydrogens is 316 g/mol. The number of urea groups is 1. The van der Waals surface area contributed by atoms with Crippen LogP contribution in [0.5, 0.6) is 5.75 Å². The molecule has 1 saturated carbocycles. The highest BCUT2D eigenvalue weighted by Gasteiger charge is 2.16. The van der Waals surface area contributed by atoms with Crippen LogP contribution in [0.3, 0.4) is 0 Å². The maximum Gasteiger partial charge on any atom is 0.319 e. The van der Waals surface area contributed by atoms with E-state index in [-0.39, 0.29) is 12.1 Å². The zero-order valence-corrected chi connectivity index (χ0v) is 14.4. The van der Waals surface area contributed by atoms with Crippen LogP contribution in [0.1, 0.15) is 38.3 Å². The molecule has 0 saturated heterocycles. The fourth-order valence-corrected chi connectivity index (χ4v) is 3.04. The molecule has 2 aromatic rings. The number of hydrogen-bond acceptors (Lipinski definition) is 4. The number of benzene rings is 1. The van der Waals surface area contributed by atoms with Crippen molar-refractivity contribution in [3.8, 4) is 5.75 Å². The van der Waals surface area contributed by atoms with Crippen LogP contribution in [0.25, 0.3) is 0 Å². The molecule has 6 nitrogen and oxygen atoms in total. The van der Waals surface area contributed by atoms with Gasteiger partial charge in [0.1, 0.15) is 5.75 Å². The number of ether oxygens (including phenoxy) is 1. The van der Waals surface area contributed by atoms with Gasteiger partial charge in [-0.15, -0.1) is 0 Å². The number of amides is 2. The van der Waals surface area contributed by atoms with E-state index in [9.17, 15) is 4.79 Å². The molecular formula is C19H24N4O2. The number of hydrogen-bond donors (Lipinski definition) is 2. The lowest BCUT2D eigenvalue weighted by Crippen LogP contribution is -2.37. The van der Waals surface area contributed by atoms with E-state index >= 15 is 0 Å². The summed E-state index contributed by atoms with van der Waals surface area (Å²) in [5.41, 5.74) is 1.57. The smallest absolute Gasteiger partial charge is 0.319 e. The van der Waals surface area contributed by atoms with Gasteiger partial charge in [-0.3, -0.25) is 9.97 Å². The van der Waals surface area contributed by atoms with Crippen molar-refractivity contribution in [3.05, 3.63) is 48.5 Å². The van der Waals surface area contributed by atoms with E-state index in [1.54, 1.807) is 18.6 Å². The Balaban J connectivity index is 1.50. The third-order valence-corrected chi connectivity index (χ3v) is 4.21. The lowest BCUT2D eigenvalue weighted by molar-refractivity contribution is 0.210. The summed E-state index contributed by atoms with van der Waals surface area (Å²) in [6.07, 6.45) is 10.6. The molecule has 1 unspecified atom stereocenters. The molecule has 2 N–H and O–H groups in total. The molecule has 1 aromatic heterocycles. The van der Waals surface area contributed by atoms with Gasteiger partial charge in [0.25, 0.3) is 0 Å². The largest absolute Gasteiger partial charge is 0.490 e. The van der Waals surface area contributed by atoms with Gasteiger partial charge < -0.3 is 15.4 Å². The fourth-order valence-electron chi connectivity index (χ4n) is 3.04. The lowest BCUT2D eigenvalue weighted by Gasteiger charge is -2.16. The van der Waals surface area contributed by atoms with Crippen molar-refractivity contribution in [2.24, 2.45) is 0 Å². The van der Waals surface area contributed by atoms with Gasteiger partial charge in [-0.2, -0.15) is 0 Å². The van der Waals surface area contributed by atoms with Gasteiger partial charge in [-0.25, -0.2) is 4.79 Å². The molecule has 0 bridgehead atoms. The monoisotopic (exact) mass is 340 g/mol. The number of carbonyl (C=O) groups is 1. The molecule has 25 heavy (non-hydrogen) atoms. The Hall–Kier alpha value is -2.63. The maximum absolute atomic E-state index is 12.2. The summed E-state index contributed by atoms with van der Waals surface area (Å²) in [7, 11) is 0. The van der Waals surface area contributed by atoms with Gasteiger partial charge in [0.15, 0.2) is 0 Å². The first-order chi connectivity index (χ1) is 12.2. The molecule has 0 aliphatic heterocycles. The highest BCUT2D eigenvalue weighted by atomic mass is 16.5. The molecule has 6 heteroatoms. The number of nitrogens with zero attached hydrogens (tertiary/aromatic N) is 2. The Morgan fingerprint density at radius 2 is 2.16 bits per heavy atom. The van der Waals surface area contributed by atoms with Gasteiger partial charge >= 0.3 is 6.03 Å². The Labute approximate surface area is 148 Å². The van der Waals surface area contributed by atoms with Crippen molar-refractivity contribution < 1.29 is 9.53 Å². The number of aromatic nitrogens is 2. The zero-order valence-electron chi connectivity index (χ0n) is 14.4. The first kappa shape index (κ1) is 17.2. The van der Waals surface area contributed by atoms with E-state index in [4.69, 9.17) is 4.74 Å². The van der Waals surface area contributed by atoms with E-state index in [1.807, 2.05) is 31.2 Å².